The third kappa shape index (κ3) is 2.31. The van der Waals surface area contributed by atoms with Crippen molar-refractivity contribution in [2.75, 3.05) is 5.32 Å². The zero-order valence-corrected chi connectivity index (χ0v) is 10.8. The summed E-state index contributed by atoms with van der Waals surface area (Å²) in [6.45, 7) is 3.95. The molecule has 3 nitrogen and oxygen atoms in total. The minimum Gasteiger partial charge on any atom is -0.328 e. The molecule has 1 aliphatic rings. The number of carbonyl (C=O) groups excluding carboxylic acids is 1. The minimum atomic E-state index is -0.0736. The van der Waals surface area contributed by atoms with Crippen molar-refractivity contribution in [3.05, 3.63) is 28.3 Å². The van der Waals surface area contributed by atoms with E-state index in [-0.39, 0.29) is 17.9 Å². The number of amides is 1. The fourth-order valence-corrected chi connectivity index (χ4v) is 2.63. The molecule has 2 unspecified atom stereocenters. The summed E-state index contributed by atoms with van der Waals surface area (Å²) in [5.74, 6) is -0.00813. The summed E-state index contributed by atoms with van der Waals surface area (Å²) in [6, 6.07) is 3.82. The molecular formula is C13H17ClN2O. The predicted octanol–water partition coefficient (Wildman–Crippen LogP) is 2.68. The second-order valence-electron chi connectivity index (χ2n) is 4.66. The Morgan fingerprint density at radius 3 is 2.82 bits per heavy atom. The first-order valence-corrected chi connectivity index (χ1v) is 6.29. The van der Waals surface area contributed by atoms with E-state index in [4.69, 9.17) is 17.3 Å². The molecule has 1 amide bonds. The first kappa shape index (κ1) is 12.4. The van der Waals surface area contributed by atoms with Gasteiger partial charge >= 0.3 is 0 Å². The maximum absolute atomic E-state index is 11.8. The Morgan fingerprint density at radius 1 is 1.53 bits per heavy atom. The van der Waals surface area contributed by atoms with Gasteiger partial charge in [-0.15, -0.1) is 0 Å². The van der Waals surface area contributed by atoms with E-state index in [2.05, 4.69) is 5.32 Å². The van der Waals surface area contributed by atoms with Crippen LogP contribution in [-0.4, -0.2) is 11.9 Å². The molecule has 1 aromatic rings. The van der Waals surface area contributed by atoms with E-state index in [0.717, 1.165) is 29.7 Å². The molecule has 0 bridgehead atoms. The molecule has 0 aromatic heterocycles. The second kappa shape index (κ2) is 4.67. The lowest BCUT2D eigenvalue weighted by molar-refractivity contribution is -0.117. The van der Waals surface area contributed by atoms with Gasteiger partial charge in [0.25, 0.3) is 0 Å². The molecule has 0 radical (unpaired) electrons. The monoisotopic (exact) mass is 252 g/mol. The molecule has 2 atom stereocenters. The summed E-state index contributed by atoms with van der Waals surface area (Å²) in [7, 11) is 0. The van der Waals surface area contributed by atoms with Crippen LogP contribution >= 0.6 is 11.6 Å². The van der Waals surface area contributed by atoms with E-state index >= 15 is 0 Å². The summed E-state index contributed by atoms with van der Waals surface area (Å²) in [4.78, 5) is 11.8. The zero-order valence-electron chi connectivity index (χ0n) is 10.1. The first-order valence-electron chi connectivity index (χ1n) is 5.91. The Kier molecular flexibility index (Phi) is 3.40. The van der Waals surface area contributed by atoms with E-state index in [9.17, 15) is 4.79 Å². The zero-order chi connectivity index (χ0) is 12.6. The van der Waals surface area contributed by atoms with Gasteiger partial charge in [0.1, 0.15) is 0 Å². The van der Waals surface area contributed by atoms with Gasteiger partial charge in [-0.25, -0.2) is 0 Å². The lowest BCUT2D eigenvalue weighted by Gasteiger charge is -2.12. The minimum absolute atomic E-state index is 0.0511. The van der Waals surface area contributed by atoms with Gasteiger partial charge in [-0.1, -0.05) is 18.5 Å². The van der Waals surface area contributed by atoms with Crippen LogP contribution in [0, 0.1) is 0 Å². The first-order chi connectivity index (χ1) is 8.02. The lowest BCUT2D eigenvalue weighted by Crippen LogP contribution is -2.18. The molecule has 0 saturated heterocycles. The fourth-order valence-electron chi connectivity index (χ4n) is 2.38. The van der Waals surface area contributed by atoms with Crippen molar-refractivity contribution in [1.29, 1.82) is 0 Å². The Bertz CT molecular complexity index is 457. The lowest BCUT2D eigenvalue weighted by atomic mass is 9.94. The maximum Gasteiger partial charge on any atom is 0.232 e. The summed E-state index contributed by atoms with van der Waals surface area (Å²) in [5, 5.41) is 3.62. The number of benzene rings is 1. The van der Waals surface area contributed by atoms with E-state index in [1.807, 2.05) is 26.0 Å². The largest absolute Gasteiger partial charge is 0.328 e. The van der Waals surface area contributed by atoms with Crippen molar-refractivity contribution >= 4 is 23.2 Å². The van der Waals surface area contributed by atoms with Crippen LogP contribution in [0.4, 0.5) is 5.69 Å². The molecule has 1 aliphatic heterocycles. The molecule has 4 heteroatoms. The van der Waals surface area contributed by atoms with Crippen molar-refractivity contribution in [3.8, 4) is 0 Å². The summed E-state index contributed by atoms with van der Waals surface area (Å²) >= 11 is 6.10. The molecule has 92 valence electrons. The second-order valence-corrected chi connectivity index (χ2v) is 5.10. The fraction of sp³-hybridized carbons (Fsp3) is 0.462. The molecule has 2 rings (SSSR count). The molecule has 17 heavy (non-hydrogen) atoms. The Morgan fingerprint density at radius 2 is 2.24 bits per heavy atom. The number of hydrogen-bond acceptors (Lipinski definition) is 2. The topological polar surface area (TPSA) is 55.1 Å². The van der Waals surface area contributed by atoms with Crippen molar-refractivity contribution in [2.24, 2.45) is 5.73 Å². The van der Waals surface area contributed by atoms with Crippen LogP contribution in [0.1, 0.15) is 37.3 Å². The number of nitrogens with one attached hydrogen (secondary N) is 1. The molecule has 1 heterocycles. The van der Waals surface area contributed by atoms with Crippen LogP contribution < -0.4 is 11.1 Å². The highest BCUT2D eigenvalue weighted by atomic mass is 35.5. The Labute approximate surface area is 106 Å². The Balaban J connectivity index is 2.48. The third-order valence-corrected chi connectivity index (χ3v) is 3.32. The average Bonchev–Trinajstić information content (AvgIpc) is 2.53. The van der Waals surface area contributed by atoms with Gasteiger partial charge < -0.3 is 11.1 Å². The average molecular weight is 253 g/mol. The van der Waals surface area contributed by atoms with Crippen molar-refractivity contribution in [2.45, 2.75) is 38.6 Å². The molecule has 0 fully saturated rings. The van der Waals surface area contributed by atoms with E-state index in [1.54, 1.807) is 0 Å². The molecule has 3 N–H and O–H groups in total. The third-order valence-electron chi connectivity index (χ3n) is 3.11. The van der Waals surface area contributed by atoms with Gasteiger partial charge in [0.05, 0.1) is 5.92 Å². The van der Waals surface area contributed by atoms with E-state index < -0.39 is 0 Å². The van der Waals surface area contributed by atoms with Crippen molar-refractivity contribution < 1.29 is 4.79 Å². The smallest absolute Gasteiger partial charge is 0.232 e. The highest BCUT2D eigenvalue weighted by Gasteiger charge is 2.31. The van der Waals surface area contributed by atoms with Gasteiger partial charge in [0.15, 0.2) is 0 Å². The number of hydrogen-bond donors (Lipinski definition) is 2. The normalized spacial score (nSPS) is 20.0. The predicted molar refractivity (Wildman–Crippen MR) is 70.5 cm³/mol. The van der Waals surface area contributed by atoms with E-state index in [0.29, 0.717) is 5.02 Å². The molecule has 0 saturated carbocycles. The maximum atomic E-state index is 11.8. The van der Waals surface area contributed by atoms with E-state index in [1.165, 1.54) is 0 Å². The summed E-state index contributed by atoms with van der Waals surface area (Å²) < 4.78 is 0. The summed E-state index contributed by atoms with van der Waals surface area (Å²) in [6.07, 6.45) is 1.51. The molecule has 0 aliphatic carbocycles. The highest BCUT2D eigenvalue weighted by molar-refractivity contribution is 6.31. The van der Waals surface area contributed by atoms with Crippen molar-refractivity contribution in [1.82, 2.24) is 0 Å². The van der Waals surface area contributed by atoms with Gasteiger partial charge in [0.2, 0.25) is 5.91 Å². The van der Waals surface area contributed by atoms with Crippen LogP contribution in [0.2, 0.25) is 5.02 Å². The number of nitrogens with two attached hydrogens (primary N) is 1. The molecular weight excluding hydrogens is 236 g/mol. The highest BCUT2D eigenvalue weighted by Crippen LogP contribution is 2.39. The van der Waals surface area contributed by atoms with Gasteiger partial charge in [-0.2, -0.15) is 0 Å². The number of fused-ring (bicyclic) bond motifs is 1. The summed E-state index contributed by atoms with van der Waals surface area (Å²) in [5.41, 5.74) is 8.78. The van der Waals surface area contributed by atoms with Gasteiger partial charge in [-0.3, -0.25) is 4.79 Å². The SMILES string of the molecule is CCC1C(=O)Nc2c(CC(C)N)cc(Cl)cc21. The van der Waals surface area contributed by atoms with Crippen molar-refractivity contribution in [3.63, 3.8) is 0 Å². The van der Waals surface area contributed by atoms with Crippen LogP contribution in [0.25, 0.3) is 0 Å². The number of halogens is 1. The van der Waals surface area contributed by atoms with Crippen LogP contribution in [-0.2, 0) is 11.2 Å². The number of rotatable bonds is 3. The quantitative estimate of drug-likeness (QED) is 0.869. The van der Waals surface area contributed by atoms with Gasteiger partial charge in [-0.05, 0) is 43.0 Å². The number of anilines is 1. The Hall–Kier alpha value is -1.06. The van der Waals surface area contributed by atoms with Crippen LogP contribution in [0.5, 0.6) is 0 Å². The molecule has 0 spiro atoms. The van der Waals surface area contributed by atoms with Crippen LogP contribution in [0.15, 0.2) is 12.1 Å². The molecule has 1 aromatic carbocycles. The standard InChI is InChI=1S/C13H17ClN2O/c1-3-10-11-6-9(14)5-8(4-7(2)15)12(11)16-13(10)17/h5-7,10H,3-4,15H2,1-2H3,(H,16,17). The number of carbonyl (C=O) groups is 1. The van der Waals surface area contributed by atoms with Crippen LogP contribution in [0.3, 0.4) is 0 Å². The van der Waals surface area contributed by atoms with Gasteiger partial charge in [0, 0.05) is 16.8 Å².